The fourth-order valence-corrected chi connectivity index (χ4v) is 9.32. The summed E-state index contributed by atoms with van der Waals surface area (Å²) in [5.74, 6) is 1.91. The highest BCUT2D eigenvalue weighted by Gasteiger charge is 2.19. The summed E-state index contributed by atoms with van der Waals surface area (Å²) in [7, 11) is 0. The number of benzene rings is 9. The summed E-state index contributed by atoms with van der Waals surface area (Å²) >= 11 is 1.79. The molecular formula is C53H33N3S. The van der Waals surface area contributed by atoms with Crippen LogP contribution in [0.25, 0.3) is 109 Å². The van der Waals surface area contributed by atoms with Crippen LogP contribution in [0, 0.1) is 0 Å². The van der Waals surface area contributed by atoms with Gasteiger partial charge in [0.15, 0.2) is 17.5 Å². The van der Waals surface area contributed by atoms with Gasteiger partial charge in [0.2, 0.25) is 0 Å². The Morgan fingerprint density at radius 1 is 0.298 bits per heavy atom. The Balaban J connectivity index is 1.10. The SMILES string of the molecule is c1ccc(-c2ccccc2-c2nc(-c3ccc(-c4c5ccccc5cc5c4ccc4ccccc45)cc3)nc(-c3ccccc3-c3cc4ccccc4s3)n2)cc1. The molecule has 11 rings (SSSR count). The maximum atomic E-state index is 5.27. The second-order valence-corrected chi connectivity index (χ2v) is 15.4. The third-order valence-electron chi connectivity index (χ3n) is 10.9. The zero-order valence-corrected chi connectivity index (χ0v) is 31.6. The summed E-state index contributed by atoms with van der Waals surface area (Å²) in [4.78, 5) is 16.9. The van der Waals surface area contributed by atoms with Crippen LogP contribution in [0.2, 0.25) is 0 Å². The van der Waals surface area contributed by atoms with Gasteiger partial charge in [0.25, 0.3) is 0 Å². The van der Waals surface area contributed by atoms with E-state index in [1.165, 1.54) is 52.8 Å². The molecule has 0 spiro atoms. The average Bonchev–Trinajstić information content (AvgIpc) is 3.73. The highest BCUT2D eigenvalue weighted by Crippen LogP contribution is 2.42. The maximum absolute atomic E-state index is 5.27. The summed E-state index contributed by atoms with van der Waals surface area (Å²) in [5, 5.41) is 8.68. The molecule has 0 saturated carbocycles. The van der Waals surface area contributed by atoms with Crippen molar-refractivity contribution in [3.63, 3.8) is 0 Å². The minimum absolute atomic E-state index is 0.629. The second-order valence-electron chi connectivity index (χ2n) is 14.3. The highest BCUT2D eigenvalue weighted by molar-refractivity contribution is 7.22. The molecule has 3 nitrogen and oxygen atoms in total. The highest BCUT2D eigenvalue weighted by atomic mass is 32.1. The van der Waals surface area contributed by atoms with Crippen molar-refractivity contribution in [3.05, 3.63) is 200 Å². The van der Waals surface area contributed by atoms with Gasteiger partial charge < -0.3 is 0 Å². The van der Waals surface area contributed by atoms with Crippen molar-refractivity contribution in [2.75, 3.05) is 0 Å². The van der Waals surface area contributed by atoms with E-state index in [4.69, 9.17) is 15.0 Å². The van der Waals surface area contributed by atoms with Crippen molar-refractivity contribution >= 4 is 53.7 Å². The number of thiophene rings is 1. The number of hydrogen-bond donors (Lipinski definition) is 0. The number of fused-ring (bicyclic) bond motifs is 5. The number of hydrogen-bond acceptors (Lipinski definition) is 4. The van der Waals surface area contributed by atoms with Gasteiger partial charge in [-0.3, -0.25) is 0 Å². The first kappa shape index (κ1) is 33.1. The molecule has 0 N–H and O–H groups in total. The van der Waals surface area contributed by atoms with Crippen LogP contribution < -0.4 is 0 Å². The van der Waals surface area contributed by atoms with Crippen LogP contribution in [0.3, 0.4) is 0 Å². The third kappa shape index (κ3) is 5.86. The van der Waals surface area contributed by atoms with E-state index in [0.29, 0.717) is 17.5 Å². The predicted octanol–water partition coefficient (Wildman–Crippen LogP) is 14.5. The monoisotopic (exact) mass is 743 g/mol. The van der Waals surface area contributed by atoms with Gasteiger partial charge in [-0.2, -0.15) is 0 Å². The molecule has 9 aromatic carbocycles. The van der Waals surface area contributed by atoms with Crippen LogP contribution in [0.15, 0.2) is 200 Å². The molecule has 0 aliphatic heterocycles. The first-order chi connectivity index (χ1) is 28.2. The lowest BCUT2D eigenvalue weighted by atomic mass is 9.89. The van der Waals surface area contributed by atoms with E-state index in [1.54, 1.807) is 11.3 Å². The van der Waals surface area contributed by atoms with Gasteiger partial charge in [0, 0.05) is 31.8 Å². The Kier molecular flexibility index (Phi) is 8.01. The van der Waals surface area contributed by atoms with Crippen LogP contribution in [0.1, 0.15) is 0 Å². The van der Waals surface area contributed by atoms with Crippen molar-refractivity contribution in [1.29, 1.82) is 0 Å². The van der Waals surface area contributed by atoms with Crippen LogP contribution >= 0.6 is 11.3 Å². The minimum atomic E-state index is 0.629. The first-order valence-electron chi connectivity index (χ1n) is 19.2. The minimum Gasteiger partial charge on any atom is -0.208 e. The molecule has 2 heterocycles. The van der Waals surface area contributed by atoms with Crippen molar-refractivity contribution < 1.29 is 0 Å². The van der Waals surface area contributed by atoms with E-state index < -0.39 is 0 Å². The number of aromatic nitrogens is 3. The quantitative estimate of drug-likeness (QED) is 0.126. The first-order valence-corrected chi connectivity index (χ1v) is 20.0. The van der Waals surface area contributed by atoms with Gasteiger partial charge in [-0.25, -0.2) is 15.0 Å². The Morgan fingerprint density at radius 3 is 1.61 bits per heavy atom. The lowest BCUT2D eigenvalue weighted by molar-refractivity contribution is 1.07. The summed E-state index contributed by atoms with van der Waals surface area (Å²) < 4.78 is 1.25. The van der Waals surface area contributed by atoms with Crippen molar-refractivity contribution in [2.45, 2.75) is 0 Å². The molecule has 0 amide bonds. The molecule has 0 fully saturated rings. The topological polar surface area (TPSA) is 38.7 Å². The van der Waals surface area contributed by atoms with Crippen LogP contribution in [-0.2, 0) is 0 Å². The fourth-order valence-electron chi connectivity index (χ4n) is 8.22. The molecule has 4 heteroatoms. The smallest absolute Gasteiger partial charge is 0.164 e. The van der Waals surface area contributed by atoms with E-state index in [9.17, 15) is 0 Å². The van der Waals surface area contributed by atoms with Crippen molar-refractivity contribution in [3.8, 4) is 66.9 Å². The van der Waals surface area contributed by atoms with E-state index in [0.717, 1.165) is 38.9 Å². The lowest BCUT2D eigenvalue weighted by Gasteiger charge is -2.15. The van der Waals surface area contributed by atoms with E-state index in [2.05, 4.69) is 194 Å². The fraction of sp³-hybridized carbons (Fsp3) is 0. The predicted molar refractivity (Wildman–Crippen MR) is 240 cm³/mol. The summed E-state index contributed by atoms with van der Waals surface area (Å²) in [6, 6.07) is 71.1. The van der Waals surface area contributed by atoms with E-state index in [-0.39, 0.29) is 0 Å². The summed E-state index contributed by atoms with van der Waals surface area (Å²) in [5.41, 5.74) is 8.52. The lowest BCUT2D eigenvalue weighted by Crippen LogP contribution is -2.02. The zero-order chi connectivity index (χ0) is 37.7. The van der Waals surface area contributed by atoms with Crippen molar-refractivity contribution in [2.24, 2.45) is 0 Å². The zero-order valence-electron chi connectivity index (χ0n) is 30.8. The van der Waals surface area contributed by atoms with E-state index >= 15 is 0 Å². The van der Waals surface area contributed by atoms with E-state index in [1.807, 2.05) is 6.07 Å². The van der Waals surface area contributed by atoms with Crippen molar-refractivity contribution in [1.82, 2.24) is 15.0 Å². The molecular weight excluding hydrogens is 711 g/mol. The summed E-state index contributed by atoms with van der Waals surface area (Å²) in [6.07, 6.45) is 0. The van der Waals surface area contributed by atoms with Gasteiger partial charge in [-0.15, -0.1) is 11.3 Å². The molecule has 2 aromatic heterocycles. The van der Waals surface area contributed by atoms with Crippen LogP contribution in [-0.4, -0.2) is 15.0 Å². The number of nitrogens with zero attached hydrogens (tertiary/aromatic N) is 3. The largest absolute Gasteiger partial charge is 0.208 e. The normalized spacial score (nSPS) is 11.5. The third-order valence-corrected chi connectivity index (χ3v) is 12.1. The standard InChI is InChI=1S/C53H33N3S/c1-2-14-34(15-3-1)40-19-9-11-23-45(40)52-54-51(55-53(56-52)46-24-12-10-22-43(46)49-33-39-18-6-13-25-48(39)57-49)37-28-26-36(27-29-37)50-42-21-8-5-17-38(42)32-47-41-20-7-4-16-35(41)30-31-44(47)50/h1-33H. The summed E-state index contributed by atoms with van der Waals surface area (Å²) in [6.45, 7) is 0. The maximum Gasteiger partial charge on any atom is 0.164 e. The Labute approximate surface area is 334 Å². The molecule has 0 bridgehead atoms. The molecule has 0 saturated heterocycles. The van der Waals surface area contributed by atoms with Gasteiger partial charge in [-0.05, 0) is 78.2 Å². The molecule has 57 heavy (non-hydrogen) atoms. The molecule has 0 radical (unpaired) electrons. The van der Waals surface area contributed by atoms with Gasteiger partial charge in [0.05, 0.1) is 0 Å². The van der Waals surface area contributed by atoms with Gasteiger partial charge >= 0.3 is 0 Å². The number of rotatable bonds is 6. The Morgan fingerprint density at radius 2 is 0.860 bits per heavy atom. The molecule has 0 unspecified atom stereocenters. The molecule has 11 aromatic rings. The van der Waals surface area contributed by atoms with Crippen LogP contribution in [0.5, 0.6) is 0 Å². The molecule has 0 aliphatic carbocycles. The van der Waals surface area contributed by atoms with Gasteiger partial charge in [0.1, 0.15) is 0 Å². The second kappa shape index (κ2) is 13.8. The molecule has 0 atom stereocenters. The Bertz CT molecular complexity index is 3260. The molecule has 266 valence electrons. The van der Waals surface area contributed by atoms with Gasteiger partial charge in [-0.1, -0.05) is 182 Å². The average molecular weight is 744 g/mol. The van der Waals surface area contributed by atoms with Crippen LogP contribution in [0.4, 0.5) is 0 Å². The Hall–Kier alpha value is -7.27. The molecule has 0 aliphatic rings.